The van der Waals surface area contributed by atoms with Crippen molar-refractivity contribution in [2.45, 2.75) is 34.1 Å². The van der Waals surface area contributed by atoms with Crippen molar-refractivity contribution in [2.24, 2.45) is 5.41 Å². The zero-order valence-corrected chi connectivity index (χ0v) is 7.48. The predicted octanol–water partition coefficient (Wildman–Crippen LogP) is 2.97. The Kier molecular flexibility index (Phi) is 4.17. The van der Waals surface area contributed by atoms with Gasteiger partial charge >= 0.3 is 0 Å². The van der Waals surface area contributed by atoms with E-state index in [0.29, 0.717) is 5.41 Å². The molecule has 60 valence electrons. The van der Waals surface area contributed by atoms with Crippen LogP contribution < -0.4 is 0 Å². The van der Waals surface area contributed by atoms with Gasteiger partial charge in [-0.25, -0.2) is 0 Å². The summed E-state index contributed by atoms with van der Waals surface area (Å²) in [5, 5.41) is 0. The van der Waals surface area contributed by atoms with Crippen LogP contribution in [0.15, 0.2) is 12.3 Å². The SMILES string of the molecule is CC.CC1(C)CC=COC1. The molecule has 0 bridgehead atoms. The standard InChI is InChI=1S/C7H12O.C2H6/c1-7(2)4-3-5-8-6-7;1-2/h3,5H,4,6H2,1-2H3;1-2H3. The highest BCUT2D eigenvalue weighted by Gasteiger charge is 2.18. The fourth-order valence-electron chi connectivity index (χ4n) is 0.768. The van der Waals surface area contributed by atoms with E-state index < -0.39 is 0 Å². The van der Waals surface area contributed by atoms with Gasteiger partial charge in [0.15, 0.2) is 0 Å². The highest BCUT2D eigenvalue weighted by Crippen LogP contribution is 2.23. The lowest BCUT2D eigenvalue weighted by molar-refractivity contribution is 0.121. The van der Waals surface area contributed by atoms with Crippen molar-refractivity contribution in [3.63, 3.8) is 0 Å². The third-order valence-corrected chi connectivity index (χ3v) is 1.34. The molecule has 0 amide bonds. The van der Waals surface area contributed by atoms with E-state index in [4.69, 9.17) is 4.74 Å². The van der Waals surface area contributed by atoms with Crippen molar-refractivity contribution in [2.75, 3.05) is 6.61 Å². The summed E-state index contributed by atoms with van der Waals surface area (Å²) in [6, 6.07) is 0. The Balaban J connectivity index is 0.000000371. The lowest BCUT2D eigenvalue weighted by Crippen LogP contribution is -2.19. The van der Waals surface area contributed by atoms with Crippen LogP contribution in [-0.4, -0.2) is 6.61 Å². The first-order valence-electron chi connectivity index (χ1n) is 3.97. The monoisotopic (exact) mass is 142 g/mol. The quantitative estimate of drug-likeness (QED) is 0.505. The van der Waals surface area contributed by atoms with E-state index >= 15 is 0 Å². The van der Waals surface area contributed by atoms with Gasteiger partial charge in [-0.15, -0.1) is 0 Å². The summed E-state index contributed by atoms with van der Waals surface area (Å²) in [5.74, 6) is 0. The van der Waals surface area contributed by atoms with E-state index in [1.54, 1.807) is 6.26 Å². The molecule has 0 fully saturated rings. The van der Waals surface area contributed by atoms with Gasteiger partial charge in [-0.05, 0) is 12.5 Å². The van der Waals surface area contributed by atoms with Crippen molar-refractivity contribution < 1.29 is 4.74 Å². The molecule has 1 aliphatic rings. The van der Waals surface area contributed by atoms with Crippen LogP contribution in [0.25, 0.3) is 0 Å². The Morgan fingerprint density at radius 1 is 1.30 bits per heavy atom. The molecule has 0 spiro atoms. The molecule has 1 rings (SSSR count). The van der Waals surface area contributed by atoms with Gasteiger partial charge in [-0.3, -0.25) is 0 Å². The third kappa shape index (κ3) is 3.54. The minimum atomic E-state index is 0.370. The topological polar surface area (TPSA) is 9.23 Å². The highest BCUT2D eigenvalue weighted by molar-refractivity contribution is 4.87. The Labute approximate surface area is 64.1 Å². The van der Waals surface area contributed by atoms with Gasteiger partial charge in [0, 0.05) is 5.41 Å². The van der Waals surface area contributed by atoms with Crippen molar-refractivity contribution in [1.82, 2.24) is 0 Å². The average molecular weight is 142 g/mol. The largest absolute Gasteiger partial charge is 0.501 e. The van der Waals surface area contributed by atoms with Gasteiger partial charge in [0.05, 0.1) is 12.9 Å². The zero-order valence-electron chi connectivity index (χ0n) is 7.48. The van der Waals surface area contributed by atoms with Gasteiger partial charge in [0.2, 0.25) is 0 Å². The van der Waals surface area contributed by atoms with E-state index in [2.05, 4.69) is 19.9 Å². The molecular formula is C9H18O. The van der Waals surface area contributed by atoms with Crippen molar-refractivity contribution >= 4 is 0 Å². The fourth-order valence-corrected chi connectivity index (χ4v) is 0.768. The summed E-state index contributed by atoms with van der Waals surface area (Å²) in [6.45, 7) is 9.27. The maximum absolute atomic E-state index is 5.10. The maximum Gasteiger partial charge on any atom is 0.0926 e. The molecule has 0 saturated carbocycles. The van der Waals surface area contributed by atoms with Crippen LogP contribution in [0.2, 0.25) is 0 Å². The van der Waals surface area contributed by atoms with Crippen LogP contribution in [0.3, 0.4) is 0 Å². The van der Waals surface area contributed by atoms with E-state index in [9.17, 15) is 0 Å². The molecule has 1 aliphatic heterocycles. The molecule has 0 unspecified atom stereocenters. The number of ether oxygens (including phenoxy) is 1. The van der Waals surface area contributed by atoms with Crippen LogP contribution >= 0.6 is 0 Å². The Hall–Kier alpha value is -0.460. The van der Waals surface area contributed by atoms with Crippen LogP contribution in [0.1, 0.15) is 34.1 Å². The normalized spacial score (nSPS) is 20.4. The smallest absolute Gasteiger partial charge is 0.0926 e. The predicted molar refractivity (Wildman–Crippen MR) is 44.8 cm³/mol. The Bertz CT molecular complexity index is 103. The second-order valence-electron chi connectivity index (χ2n) is 3.05. The summed E-state index contributed by atoms with van der Waals surface area (Å²) >= 11 is 0. The van der Waals surface area contributed by atoms with Gasteiger partial charge in [-0.1, -0.05) is 27.7 Å². The van der Waals surface area contributed by atoms with E-state index in [-0.39, 0.29) is 0 Å². The summed E-state index contributed by atoms with van der Waals surface area (Å²) < 4.78 is 5.10. The first-order chi connectivity index (χ1) is 4.71. The van der Waals surface area contributed by atoms with Crippen LogP contribution in [0.5, 0.6) is 0 Å². The number of rotatable bonds is 0. The average Bonchev–Trinajstić information content (AvgIpc) is 1.92. The van der Waals surface area contributed by atoms with E-state index in [1.165, 1.54) is 0 Å². The van der Waals surface area contributed by atoms with E-state index in [1.807, 2.05) is 13.8 Å². The molecule has 1 nitrogen and oxygen atoms in total. The molecule has 0 aliphatic carbocycles. The van der Waals surface area contributed by atoms with Crippen LogP contribution in [-0.2, 0) is 4.74 Å². The van der Waals surface area contributed by atoms with Gasteiger partial charge in [-0.2, -0.15) is 0 Å². The molecular weight excluding hydrogens is 124 g/mol. The van der Waals surface area contributed by atoms with Gasteiger partial charge in [0.1, 0.15) is 0 Å². The Morgan fingerprint density at radius 2 is 1.90 bits per heavy atom. The molecule has 0 aromatic carbocycles. The molecule has 10 heavy (non-hydrogen) atoms. The summed E-state index contributed by atoms with van der Waals surface area (Å²) in [6.07, 6.45) is 5.00. The Morgan fingerprint density at radius 3 is 2.10 bits per heavy atom. The molecule has 0 saturated heterocycles. The van der Waals surface area contributed by atoms with Gasteiger partial charge in [0.25, 0.3) is 0 Å². The van der Waals surface area contributed by atoms with Crippen molar-refractivity contribution in [1.29, 1.82) is 0 Å². The lowest BCUT2D eigenvalue weighted by atomic mass is 9.90. The zero-order chi connectivity index (χ0) is 8.04. The molecule has 1 heterocycles. The lowest BCUT2D eigenvalue weighted by Gasteiger charge is -2.24. The highest BCUT2D eigenvalue weighted by atomic mass is 16.5. The molecule has 0 N–H and O–H groups in total. The number of hydrogen-bond acceptors (Lipinski definition) is 1. The van der Waals surface area contributed by atoms with Crippen molar-refractivity contribution in [3.8, 4) is 0 Å². The second-order valence-corrected chi connectivity index (χ2v) is 3.05. The summed E-state index contributed by atoms with van der Waals surface area (Å²) in [4.78, 5) is 0. The molecule has 0 atom stereocenters. The first-order valence-corrected chi connectivity index (χ1v) is 3.97. The second kappa shape index (κ2) is 4.37. The van der Waals surface area contributed by atoms with Crippen LogP contribution in [0.4, 0.5) is 0 Å². The van der Waals surface area contributed by atoms with Gasteiger partial charge < -0.3 is 4.74 Å². The molecule has 0 aromatic heterocycles. The number of allylic oxidation sites excluding steroid dienone is 1. The van der Waals surface area contributed by atoms with E-state index in [0.717, 1.165) is 13.0 Å². The molecule has 0 aromatic rings. The van der Waals surface area contributed by atoms with Crippen molar-refractivity contribution in [3.05, 3.63) is 12.3 Å². The van der Waals surface area contributed by atoms with Crippen LogP contribution in [0, 0.1) is 5.41 Å². The number of hydrogen-bond donors (Lipinski definition) is 0. The molecule has 0 radical (unpaired) electrons. The maximum atomic E-state index is 5.10. The fraction of sp³-hybridized carbons (Fsp3) is 0.778. The first kappa shape index (κ1) is 9.54. The summed E-state index contributed by atoms with van der Waals surface area (Å²) in [7, 11) is 0. The minimum Gasteiger partial charge on any atom is -0.501 e. The summed E-state index contributed by atoms with van der Waals surface area (Å²) in [5.41, 5.74) is 0.370. The molecule has 1 heteroatoms. The third-order valence-electron chi connectivity index (χ3n) is 1.34. The minimum absolute atomic E-state index is 0.370.